The fourth-order valence-corrected chi connectivity index (χ4v) is 0.975. The van der Waals surface area contributed by atoms with E-state index in [1.54, 1.807) is 20.8 Å². The normalized spacial score (nSPS) is 23.2. The SMILES string of the molecule is CC(C)=C1NC(=O)[C@@H](C)NC1=O. The number of carbonyl (C=O) groups excluding carboxylic acids is 2. The summed E-state index contributed by atoms with van der Waals surface area (Å²) in [5, 5.41) is 5.10. The molecule has 0 aromatic rings. The van der Waals surface area contributed by atoms with Crippen molar-refractivity contribution in [1.82, 2.24) is 10.6 Å². The van der Waals surface area contributed by atoms with Crippen molar-refractivity contribution in [3.63, 3.8) is 0 Å². The summed E-state index contributed by atoms with van der Waals surface area (Å²) in [7, 11) is 0. The van der Waals surface area contributed by atoms with Crippen LogP contribution >= 0.6 is 0 Å². The highest BCUT2D eigenvalue weighted by atomic mass is 16.2. The average molecular weight is 168 g/mol. The second kappa shape index (κ2) is 2.97. The Morgan fingerprint density at radius 2 is 1.92 bits per heavy atom. The van der Waals surface area contributed by atoms with Crippen LogP contribution in [0.3, 0.4) is 0 Å². The summed E-state index contributed by atoms with van der Waals surface area (Å²) in [6.45, 7) is 5.21. The molecule has 0 aliphatic carbocycles. The molecule has 4 nitrogen and oxygen atoms in total. The number of hydrogen-bond donors (Lipinski definition) is 2. The van der Waals surface area contributed by atoms with Crippen LogP contribution in [0.25, 0.3) is 0 Å². The molecule has 0 saturated carbocycles. The standard InChI is InChI=1S/C8H12N2O2/c1-4(2)6-8(12)9-5(3)7(11)10-6/h5H,1-3H3,(H,9,12)(H,10,11)/t5-/m1/s1. The Balaban J connectivity index is 2.90. The van der Waals surface area contributed by atoms with Crippen molar-refractivity contribution in [2.24, 2.45) is 0 Å². The third kappa shape index (κ3) is 1.47. The number of hydrogen-bond acceptors (Lipinski definition) is 2. The minimum Gasteiger partial charge on any atom is -0.339 e. The molecular formula is C8H12N2O2. The summed E-state index contributed by atoms with van der Waals surface area (Å²) < 4.78 is 0. The van der Waals surface area contributed by atoms with Crippen molar-refractivity contribution in [3.8, 4) is 0 Å². The van der Waals surface area contributed by atoms with E-state index in [-0.39, 0.29) is 11.8 Å². The van der Waals surface area contributed by atoms with Crippen LogP contribution in [0.1, 0.15) is 20.8 Å². The van der Waals surface area contributed by atoms with Crippen LogP contribution in [0.4, 0.5) is 0 Å². The molecule has 4 heteroatoms. The van der Waals surface area contributed by atoms with Crippen LogP contribution in [0, 0.1) is 0 Å². The molecule has 1 aliphatic heterocycles. The quantitative estimate of drug-likeness (QED) is 0.497. The predicted octanol–water partition coefficient (Wildman–Crippen LogP) is -0.0852. The first-order valence-electron chi connectivity index (χ1n) is 3.81. The average Bonchev–Trinajstić information content (AvgIpc) is 1.96. The van der Waals surface area contributed by atoms with Crippen LogP contribution in [0.15, 0.2) is 11.3 Å². The number of piperazine rings is 1. The lowest BCUT2D eigenvalue weighted by molar-refractivity contribution is -0.130. The Morgan fingerprint density at radius 3 is 2.42 bits per heavy atom. The highest BCUT2D eigenvalue weighted by Crippen LogP contribution is 2.04. The third-order valence-electron chi connectivity index (χ3n) is 1.72. The molecule has 0 unspecified atom stereocenters. The van der Waals surface area contributed by atoms with Crippen LogP contribution < -0.4 is 10.6 Å². The first-order valence-corrected chi connectivity index (χ1v) is 3.81. The van der Waals surface area contributed by atoms with E-state index < -0.39 is 6.04 Å². The van der Waals surface area contributed by atoms with Crippen molar-refractivity contribution < 1.29 is 9.59 Å². The third-order valence-corrected chi connectivity index (χ3v) is 1.72. The molecule has 0 radical (unpaired) electrons. The summed E-state index contributed by atoms with van der Waals surface area (Å²) in [4.78, 5) is 22.3. The lowest BCUT2D eigenvalue weighted by Gasteiger charge is -2.22. The smallest absolute Gasteiger partial charge is 0.268 e. The molecule has 2 amide bonds. The van der Waals surface area contributed by atoms with Crippen LogP contribution in [-0.4, -0.2) is 17.9 Å². The maximum Gasteiger partial charge on any atom is 0.268 e. The summed E-state index contributed by atoms with van der Waals surface area (Å²) in [5.41, 5.74) is 1.19. The number of amides is 2. The van der Waals surface area contributed by atoms with E-state index in [1.165, 1.54) is 0 Å². The fourth-order valence-electron chi connectivity index (χ4n) is 0.975. The van der Waals surface area contributed by atoms with Gasteiger partial charge in [0.1, 0.15) is 11.7 Å². The van der Waals surface area contributed by atoms with E-state index in [2.05, 4.69) is 10.6 Å². The van der Waals surface area contributed by atoms with Crippen molar-refractivity contribution in [2.45, 2.75) is 26.8 Å². The van der Waals surface area contributed by atoms with Gasteiger partial charge in [-0.05, 0) is 26.3 Å². The maximum absolute atomic E-state index is 11.2. The first-order chi connectivity index (χ1) is 5.52. The molecule has 1 rings (SSSR count). The molecule has 1 heterocycles. The minimum atomic E-state index is -0.430. The topological polar surface area (TPSA) is 58.2 Å². The summed E-state index contributed by atoms with van der Waals surface area (Å²) in [5.74, 6) is -0.368. The first kappa shape index (κ1) is 8.77. The van der Waals surface area contributed by atoms with Gasteiger partial charge in [-0.3, -0.25) is 9.59 Å². The van der Waals surface area contributed by atoms with Gasteiger partial charge in [-0.15, -0.1) is 0 Å². The Bertz CT molecular complexity index is 264. The Morgan fingerprint density at radius 1 is 1.33 bits per heavy atom. The van der Waals surface area contributed by atoms with E-state index in [0.29, 0.717) is 5.70 Å². The summed E-state index contributed by atoms with van der Waals surface area (Å²) in [6, 6.07) is -0.430. The molecule has 0 aromatic carbocycles. The van der Waals surface area contributed by atoms with Gasteiger partial charge in [0.2, 0.25) is 5.91 Å². The predicted molar refractivity (Wildman–Crippen MR) is 44.1 cm³/mol. The Hall–Kier alpha value is -1.32. The zero-order valence-electron chi connectivity index (χ0n) is 7.39. The molecule has 66 valence electrons. The van der Waals surface area contributed by atoms with Gasteiger partial charge in [-0.1, -0.05) is 0 Å². The fraction of sp³-hybridized carbons (Fsp3) is 0.500. The number of carbonyl (C=O) groups is 2. The number of allylic oxidation sites excluding steroid dienone is 1. The van der Waals surface area contributed by atoms with Crippen molar-refractivity contribution in [1.29, 1.82) is 0 Å². The van der Waals surface area contributed by atoms with E-state index in [9.17, 15) is 9.59 Å². The van der Waals surface area contributed by atoms with Crippen molar-refractivity contribution in [3.05, 3.63) is 11.3 Å². The Kier molecular flexibility index (Phi) is 2.17. The van der Waals surface area contributed by atoms with Gasteiger partial charge in [0, 0.05) is 0 Å². The molecule has 12 heavy (non-hydrogen) atoms. The van der Waals surface area contributed by atoms with E-state index in [1.807, 2.05) is 0 Å². The zero-order valence-corrected chi connectivity index (χ0v) is 7.39. The van der Waals surface area contributed by atoms with Gasteiger partial charge in [-0.25, -0.2) is 0 Å². The molecule has 0 bridgehead atoms. The highest BCUT2D eigenvalue weighted by Gasteiger charge is 2.26. The zero-order chi connectivity index (χ0) is 9.30. The molecule has 0 spiro atoms. The monoisotopic (exact) mass is 168 g/mol. The minimum absolute atomic E-state index is 0.161. The van der Waals surface area contributed by atoms with Gasteiger partial charge in [0.05, 0.1) is 0 Å². The maximum atomic E-state index is 11.2. The van der Waals surface area contributed by atoms with Gasteiger partial charge in [0.25, 0.3) is 5.91 Å². The van der Waals surface area contributed by atoms with Crippen LogP contribution in [0.5, 0.6) is 0 Å². The van der Waals surface area contributed by atoms with Gasteiger partial charge in [0.15, 0.2) is 0 Å². The molecule has 1 atom stereocenters. The van der Waals surface area contributed by atoms with Gasteiger partial charge < -0.3 is 10.6 Å². The van der Waals surface area contributed by atoms with E-state index in [0.717, 1.165) is 5.57 Å². The van der Waals surface area contributed by atoms with Crippen LogP contribution in [0.2, 0.25) is 0 Å². The molecular weight excluding hydrogens is 156 g/mol. The summed E-state index contributed by atoms with van der Waals surface area (Å²) in [6.07, 6.45) is 0. The second-order valence-corrected chi connectivity index (χ2v) is 3.06. The van der Waals surface area contributed by atoms with E-state index >= 15 is 0 Å². The Labute approximate surface area is 71.0 Å². The van der Waals surface area contributed by atoms with Crippen molar-refractivity contribution >= 4 is 11.8 Å². The second-order valence-electron chi connectivity index (χ2n) is 3.06. The molecule has 1 saturated heterocycles. The van der Waals surface area contributed by atoms with Gasteiger partial charge in [-0.2, -0.15) is 0 Å². The number of rotatable bonds is 0. The number of nitrogens with one attached hydrogen (secondary N) is 2. The lowest BCUT2D eigenvalue weighted by Crippen LogP contribution is -2.53. The largest absolute Gasteiger partial charge is 0.339 e. The van der Waals surface area contributed by atoms with Crippen LogP contribution in [-0.2, 0) is 9.59 Å². The van der Waals surface area contributed by atoms with Crippen molar-refractivity contribution in [2.75, 3.05) is 0 Å². The van der Waals surface area contributed by atoms with E-state index in [4.69, 9.17) is 0 Å². The molecule has 1 fully saturated rings. The van der Waals surface area contributed by atoms with Gasteiger partial charge >= 0.3 is 0 Å². The summed E-state index contributed by atoms with van der Waals surface area (Å²) >= 11 is 0. The highest BCUT2D eigenvalue weighted by molar-refractivity contribution is 6.04. The molecule has 0 aromatic heterocycles. The lowest BCUT2D eigenvalue weighted by atomic mass is 10.1. The molecule has 1 aliphatic rings. The molecule has 2 N–H and O–H groups in total.